The Morgan fingerprint density at radius 1 is 1.00 bits per heavy atom. The van der Waals surface area contributed by atoms with Crippen LogP contribution in [0.3, 0.4) is 0 Å². The van der Waals surface area contributed by atoms with E-state index >= 15 is 0 Å². The van der Waals surface area contributed by atoms with Gasteiger partial charge in [-0.2, -0.15) is 0 Å². The number of halogens is 2. The summed E-state index contributed by atoms with van der Waals surface area (Å²) in [5.74, 6) is -0.617. The first-order valence-electron chi connectivity index (χ1n) is 6.40. The molecule has 0 atom stereocenters. The number of hydrogen-bond donors (Lipinski definition) is 0. The molecule has 7 heteroatoms. The number of carbonyl (C=O) groups excluding carboxylic acids is 2. The summed E-state index contributed by atoms with van der Waals surface area (Å²) in [6.45, 7) is 0. The number of methoxy groups -OCH3 is 2. The topological polar surface area (TPSA) is 61.8 Å². The van der Waals surface area contributed by atoms with Gasteiger partial charge in [-0.1, -0.05) is 11.6 Å². The predicted octanol–water partition coefficient (Wildman–Crippen LogP) is 4.12. The summed E-state index contributed by atoms with van der Waals surface area (Å²) in [5, 5.41) is 0.331. The van der Waals surface area contributed by atoms with Gasteiger partial charge in [0.2, 0.25) is 0 Å². The number of esters is 2. The van der Waals surface area contributed by atoms with E-state index in [2.05, 4.69) is 20.7 Å². The van der Waals surface area contributed by atoms with Gasteiger partial charge in [-0.3, -0.25) is 0 Å². The second kappa shape index (κ2) is 7.48. The summed E-state index contributed by atoms with van der Waals surface area (Å²) in [6.07, 6.45) is 0. The van der Waals surface area contributed by atoms with Crippen molar-refractivity contribution in [3.8, 4) is 11.5 Å². The zero-order chi connectivity index (χ0) is 17.0. The molecule has 0 saturated heterocycles. The van der Waals surface area contributed by atoms with Crippen molar-refractivity contribution in [2.24, 2.45) is 0 Å². The van der Waals surface area contributed by atoms with Crippen LogP contribution >= 0.6 is 27.5 Å². The minimum atomic E-state index is -0.647. The molecule has 0 aliphatic heterocycles. The van der Waals surface area contributed by atoms with Gasteiger partial charge in [-0.05, 0) is 52.3 Å². The Balaban J connectivity index is 2.30. The molecule has 0 aromatic heterocycles. The molecule has 2 rings (SSSR count). The molecule has 120 valence electrons. The van der Waals surface area contributed by atoms with Crippen molar-refractivity contribution in [2.45, 2.75) is 0 Å². The van der Waals surface area contributed by atoms with E-state index in [9.17, 15) is 9.59 Å². The lowest BCUT2D eigenvalue weighted by atomic mass is 10.2. The molecule has 0 spiro atoms. The fourth-order valence-electron chi connectivity index (χ4n) is 1.81. The van der Waals surface area contributed by atoms with Crippen molar-refractivity contribution in [1.29, 1.82) is 0 Å². The SMILES string of the molecule is COC(=O)c1cc(Cl)ccc1OC(=O)c1ccc(OC)c(Br)c1. The van der Waals surface area contributed by atoms with Gasteiger partial charge in [-0.15, -0.1) is 0 Å². The largest absolute Gasteiger partial charge is 0.496 e. The van der Waals surface area contributed by atoms with Gasteiger partial charge in [0, 0.05) is 5.02 Å². The van der Waals surface area contributed by atoms with Gasteiger partial charge < -0.3 is 14.2 Å². The van der Waals surface area contributed by atoms with Crippen molar-refractivity contribution < 1.29 is 23.8 Å². The van der Waals surface area contributed by atoms with E-state index in [-0.39, 0.29) is 11.3 Å². The summed E-state index contributed by atoms with van der Waals surface area (Å²) in [6, 6.07) is 9.07. The zero-order valence-electron chi connectivity index (χ0n) is 12.3. The van der Waals surface area contributed by atoms with E-state index in [4.69, 9.17) is 21.1 Å². The third-order valence-electron chi connectivity index (χ3n) is 2.94. The van der Waals surface area contributed by atoms with E-state index in [0.717, 1.165) is 0 Å². The van der Waals surface area contributed by atoms with Crippen LogP contribution in [0.2, 0.25) is 5.02 Å². The Hall–Kier alpha value is -2.05. The molecule has 0 heterocycles. The Kier molecular flexibility index (Phi) is 5.63. The normalized spacial score (nSPS) is 10.1. The van der Waals surface area contributed by atoms with Crippen LogP contribution in [0.5, 0.6) is 11.5 Å². The lowest BCUT2D eigenvalue weighted by molar-refractivity contribution is 0.0593. The van der Waals surface area contributed by atoms with Gasteiger partial charge in [0.15, 0.2) is 0 Å². The molecule has 0 N–H and O–H groups in total. The van der Waals surface area contributed by atoms with E-state index in [1.807, 2.05) is 0 Å². The van der Waals surface area contributed by atoms with Crippen LogP contribution in [0.25, 0.3) is 0 Å². The maximum absolute atomic E-state index is 12.2. The zero-order valence-corrected chi connectivity index (χ0v) is 14.6. The Labute approximate surface area is 146 Å². The maximum atomic E-state index is 12.2. The van der Waals surface area contributed by atoms with Crippen LogP contribution in [-0.2, 0) is 4.74 Å². The molecule has 0 aliphatic rings. The number of rotatable bonds is 4. The summed E-state index contributed by atoms with van der Waals surface area (Å²) in [5.41, 5.74) is 0.365. The van der Waals surface area contributed by atoms with Crippen LogP contribution in [0, 0.1) is 0 Å². The molecule has 0 amide bonds. The number of carbonyl (C=O) groups is 2. The van der Waals surface area contributed by atoms with Crippen LogP contribution in [0.15, 0.2) is 40.9 Å². The molecule has 0 fully saturated rings. The first-order valence-corrected chi connectivity index (χ1v) is 7.57. The lowest BCUT2D eigenvalue weighted by Crippen LogP contribution is -2.12. The summed E-state index contributed by atoms with van der Waals surface area (Å²) in [4.78, 5) is 24.0. The van der Waals surface area contributed by atoms with E-state index < -0.39 is 11.9 Å². The summed E-state index contributed by atoms with van der Waals surface area (Å²) < 4.78 is 15.6. The van der Waals surface area contributed by atoms with Crippen LogP contribution < -0.4 is 9.47 Å². The minimum Gasteiger partial charge on any atom is -0.496 e. The smallest absolute Gasteiger partial charge is 0.343 e. The Morgan fingerprint density at radius 2 is 1.70 bits per heavy atom. The van der Waals surface area contributed by atoms with Gasteiger partial charge in [0.05, 0.1) is 24.3 Å². The van der Waals surface area contributed by atoms with Crippen molar-refractivity contribution in [1.82, 2.24) is 0 Å². The van der Waals surface area contributed by atoms with Crippen LogP contribution in [-0.4, -0.2) is 26.2 Å². The average Bonchev–Trinajstić information content (AvgIpc) is 2.55. The standard InChI is InChI=1S/C16H12BrClO5/c1-21-14-5-3-9(7-12(14)17)15(19)23-13-6-4-10(18)8-11(13)16(20)22-2/h3-8H,1-2H3. The average molecular weight is 400 g/mol. The maximum Gasteiger partial charge on any atom is 0.343 e. The van der Waals surface area contributed by atoms with Crippen LogP contribution in [0.4, 0.5) is 0 Å². The predicted molar refractivity (Wildman–Crippen MR) is 88.4 cm³/mol. The molecule has 2 aromatic carbocycles. The van der Waals surface area contributed by atoms with Gasteiger partial charge in [0.25, 0.3) is 0 Å². The van der Waals surface area contributed by atoms with Crippen molar-refractivity contribution >= 4 is 39.5 Å². The van der Waals surface area contributed by atoms with Crippen molar-refractivity contribution in [2.75, 3.05) is 14.2 Å². The number of hydrogen-bond acceptors (Lipinski definition) is 5. The fraction of sp³-hybridized carbons (Fsp3) is 0.125. The van der Waals surface area contributed by atoms with Crippen molar-refractivity contribution in [3.05, 3.63) is 57.0 Å². The summed E-state index contributed by atoms with van der Waals surface area (Å²) >= 11 is 9.15. The highest BCUT2D eigenvalue weighted by molar-refractivity contribution is 9.10. The Bertz CT molecular complexity index is 760. The first-order chi connectivity index (χ1) is 11.0. The molecule has 0 saturated carbocycles. The molecular formula is C16H12BrClO5. The highest BCUT2D eigenvalue weighted by Crippen LogP contribution is 2.28. The van der Waals surface area contributed by atoms with Gasteiger partial charge in [-0.25, -0.2) is 9.59 Å². The van der Waals surface area contributed by atoms with E-state index in [1.165, 1.54) is 32.4 Å². The van der Waals surface area contributed by atoms with E-state index in [1.54, 1.807) is 18.2 Å². The number of ether oxygens (including phenoxy) is 3. The minimum absolute atomic E-state index is 0.0678. The molecule has 0 unspecified atom stereocenters. The van der Waals surface area contributed by atoms with Gasteiger partial charge >= 0.3 is 11.9 Å². The molecule has 0 aliphatic carbocycles. The van der Waals surface area contributed by atoms with Gasteiger partial charge in [0.1, 0.15) is 17.1 Å². The monoisotopic (exact) mass is 398 g/mol. The molecule has 5 nitrogen and oxygen atoms in total. The lowest BCUT2D eigenvalue weighted by Gasteiger charge is -2.10. The third kappa shape index (κ3) is 4.03. The molecule has 0 radical (unpaired) electrons. The molecule has 2 aromatic rings. The molecule has 23 heavy (non-hydrogen) atoms. The molecule has 0 bridgehead atoms. The quantitative estimate of drug-likeness (QED) is 0.572. The van der Waals surface area contributed by atoms with E-state index in [0.29, 0.717) is 20.8 Å². The second-order valence-electron chi connectivity index (χ2n) is 4.37. The first kappa shape index (κ1) is 17.3. The summed E-state index contributed by atoms with van der Waals surface area (Å²) in [7, 11) is 2.75. The highest BCUT2D eigenvalue weighted by atomic mass is 79.9. The number of benzene rings is 2. The molecular weight excluding hydrogens is 388 g/mol. The highest BCUT2D eigenvalue weighted by Gasteiger charge is 2.18. The fourth-order valence-corrected chi connectivity index (χ4v) is 2.53. The second-order valence-corrected chi connectivity index (χ2v) is 5.66. The van der Waals surface area contributed by atoms with Crippen molar-refractivity contribution in [3.63, 3.8) is 0 Å². The Morgan fingerprint density at radius 3 is 2.30 bits per heavy atom. The van der Waals surface area contributed by atoms with Crippen LogP contribution in [0.1, 0.15) is 20.7 Å². The third-order valence-corrected chi connectivity index (χ3v) is 3.79.